The maximum Gasteiger partial charge on any atom is 0.183 e. The van der Waals surface area contributed by atoms with Crippen LogP contribution in [0.2, 0.25) is 0 Å². The van der Waals surface area contributed by atoms with Crippen LogP contribution in [0.25, 0.3) is 22.3 Å². The van der Waals surface area contributed by atoms with Gasteiger partial charge in [0.15, 0.2) is 5.65 Å². The normalized spacial score (nSPS) is 11.0. The van der Waals surface area contributed by atoms with Crippen LogP contribution in [0, 0.1) is 13.8 Å². The van der Waals surface area contributed by atoms with Crippen molar-refractivity contribution in [2.45, 2.75) is 13.8 Å². The fraction of sp³-hybridized carbons (Fsp3) is 0.143. The average molecular weight is 238 g/mol. The fourth-order valence-corrected chi connectivity index (χ4v) is 2.24. The molecule has 0 aliphatic rings. The van der Waals surface area contributed by atoms with Gasteiger partial charge in [0.1, 0.15) is 5.82 Å². The van der Waals surface area contributed by atoms with Crippen LogP contribution in [0.1, 0.15) is 11.1 Å². The zero-order valence-electron chi connectivity index (χ0n) is 10.4. The van der Waals surface area contributed by atoms with Crippen LogP contribution < -0.4 is 5.73 Å². The summed E-state index contributed by atoms with van der Waals surface area (Å²) < 4.78 is 0. The number of hydrogen-bond donors (Lipinski definition) is 2. The van der Waals surface area contributed by atoms with E-state index in [0.717, 1.165) is 22.2 Å². The highest BCUT2D eigenvalue weighted by Crippen LogP contribution is 2.27. The molecule has 0 atom stereocenters. The van der Waals surface area contributed by atoms with Crippen LogP contribution in [0.15, 0.2) is 30.3 Å². The summed E-state index contributed by atoms with van der Waals surface area (Å²) >= 11 is 0. The Morgan fingerprint density at radius 1 is 1.11 bits per heavy atom. The lowest BCUT2D eigenvalue weighted by molar-refractivity contribution is 1.10. The van der Waals surface area contributed by atoms with Gasteiger partial charge in [-0.15, -0.1) is 0 Å². The number of H-pyrrole nitrogens is 1. The Hall–Kier alpha value is -2.36. The molecule has 0 aliphatic carbocycles. The summed E-state index contributed by atoms with van der Waals surface area (Å²) in [6, 6.07) is 10.2. The van der Waals surface area contributed by atoms with Crippen molar-refractivity contribution in [1.29, 1.82) is 0 Å². The van der Waals surface area contributed by atoms with Crippen molar-refractivity contribution in [2.75, 3.05) is 5.73 Å². The first-order chi connectivity index (χ1) is 8.66. The Balaban J connectivity index is 2.29. The molecule has 0 spiro atoms. The number of aromatic amines is 1. The van der Waals surface area contributed by atoms with Crippen LogP contribution in [0.4, 0.5) is 5.82 Å². The molecule has 0 amide bonds. The van der Waals surface area contributed by atoms with E-state index in [4.69, 9.17) is 5.73 Å². The van der Waals surface area contributed by atoms with Crippen molar-refractivity contribution in [3.63, 3.8) is 0 Å². The van der Waals surface area contributed by atoms with Crippen molar-refractivity contribution in [3.05, 3.63) is 41.5 Å². The molecule has 3 aromatic rings. The van der Waals surface area contributed by atoms with Gasteiger partial charge < -0.3 is 5.73 Å². The minimum absolute atomic E-state index is 0.575. The highest BCUT2D eigenvalue weighted by atomic mass is 15.2. The summed E-state index contributed by atoms with van der Waals surface area (Å²) in [5, 5.41) is 7.82. The molecular weight excluding hydrogens is 224 g/mol. The summed E-state index contributed by atoms with van der Waals surface area (Å²) in [4.78, 5) is 4.57. The SMILES string of the molecule is Cc1ccccc1-c1cc(C)c2c(N)[nH]nc2n1. The predicted octanol–water partition coefficient (Wildman–Crippen LogP) is 2.82. The molecule has 3 rings (SSSR count). The first-order valence-corrected chi connectivity index (χ1v) is 5.84. The third-order valence-electron chi connectivity index (χ3n) is 3.17. The number of nitrogens with two attached hydrogens (primary N) is 1. The van der Waals surface area contributed by atoms with E-state index >= 15 is 0 Å². The molecule has 3 N–H and O–H groups in total. The third kappa shape index (κ3) is 1.54. The topological polar surface area (TPSA) is 67.6 Å². The number of nitrogen functional groups attached to an aromatic ring is 1. The zero-order valence-corrected chi connectivity index (χ0v) is 10.4. The lowest BCUT2D eigenvalue weighted by atomic mass is 10.0. The molecule has 2 aromatic heterocycles. The molecule has 0 unspecified atom stereocenters. The maximum atomic E-state index is 5.84. The lowest BCUT2D eigenvalue weighted by Crippen LogP contribution is -1.91. The molecule has 4 heteroatoms. The number of rotatable bonds is 1. The number of aryl methyl sites for hydroxylation is 2. The second kappa shape index (κ2) is 3.84. The van der Waals surface area contributed by atoms with Crippen LogP contribution in [0.5, 0.6) is 0 Å². The second-order valence-corrected chi connectivity index (χ2v) is 4.48. The monoisotopic (exact) mass is 238 g/mol. The summed E-state index contributed by atoms with van der Waals surface area (Å²) in [7, 11) is 0. The van der Waals surface area contributed by atoms with Crippen LogP contribution in [0.3, 0.4) is 0 Å². The Morgan fingerprint density at radius 3 is 2.67 bits per heavy atom. The molecule has 0 bridgehead atoms. The zero-order chi connectivity index (χ0) is 12.7. The van der Waals surface area contributed by atoms with E-state index in [0.29, 0.717) is 11.5 Å². The Labute approximate surface area is 105 Å². The van der Waals surface area contributed by atoms with E-state index in [1.807, 2.05) is 19.1 Å². The smallest absolute Gasteiger partial charge is 0.183 e. The number of aromatic nitrogens is 3. The molecule has 0 saturated heterocycles. The van der Waals surface area contributed by atoms with Crippen molar-refractivity contribution >= 4 is 16.9 Å². The fourth-order valence-electron chi connectivity index (χ4n) is 2.24. The van der Waals surface area contributed by atoms with Gasteiger partial charge in [-0.3, -0.25) is 5.10 Å². The van der Waals surface area contributed by atoms with Gasteiger partial charge in [0.2, 0.25) is 0 Å². The molecule has 0 aliphatic heterocycles. The van der Waals surface area contributed by atoms with E-state index < -0.39 is 0 Å². The second-order valence-electron chi connectivity index (χ2n) is 4.48. The van der Waals surface area contributed by atoms with E-state index in [2.05, 4.69) is 40.3 Å². The number of anilines is 1. The van der Waals surface area contributed by atoms with Crippen molar-refractivity contribution in [3.8, 4) is 11.3 Å². The molecular formula is C14H14N4. The predicted molar refractivity (Wildman–Crippen MR) is 73.2 cm³/mol. The molecule has 0 radical (unpaired) electrons. The van der Waals surface area contributed by atoms with Gasteiger partial charge in [-0.05, 0) is 31.0 Å². The molecule has 1 aromatic carbocycles. The first kappa shape index (κ1) is 10.8. The third-order valence-corrected chi connectivity index (χ3v) is 3.17. The molecule has 0 saturated carbocycles. The Kier molecular flexibility index (Phi) is 2.30. The summed E-state index contributed by atoms with van der Waals surface area (Å²) in [5.74, 6) is 0.575. The number of hydrogen-bond acceptors (Lipinski definition) is 3. The summed E-state index contributed by atoms with van der Waals surface area (Å²) in [6.07, 6.45) is 0. The number of pyridine rings is 1. The van der Waals surface area contributed by atoms with Gasteiger partial charge in [0.25, 0.3) is 0 Å². The summed E-state index contributed by atoms with van der Waals surface area (Å²) in [6.45, 7) is 4.10. The molecule has 0 fully saturated rings. The standard InChI is InChI=1S/C14H14N4/c1-8-5-3-4-6-10(8)11-7-9(2)12-13(15)17-18-14(12)16-11/h3-7H,1-2H3,(H3,15,16,17,18). The molecule has 90 valence electrons. The van der Waals surface area contributed by atoms with E-state index in [1.54, 1.807) is 0 Å². The number of nitrogens with one attached hydrogen (secondary N) is 1. The highest BCUT2D eigenvalue weighted by Gasteiger charge is 2.11. The molecule has 2 heterocycles. The largest absolute Gasteiger partial charge is 0.384 e. The van der Waals surface area contributed by atoms with Gasteiger partial charge in [-0.2, -0.15) is 5.10 Å². The number of benzene rings is 1. The minimum atomic E-state index is 0.575. The van der Waals surface area contributed by atoms with Gasteiger partial charge in [-0.1, -0.05) is 24.3 Å². The van der Waals surface area contributed by atoms with Crippen LogP contribution >= 0.6 is 0 Å². The average Bonchev–Trinajstić information content (AvgIpc) is 2.72. The van der Waals surface area contributed by atoms with Gasteiger partial charge in [0, 0.05) is 5.56 Å². The van der Waals surface area contributed by atoms with E-state index in [-0.39, 0.29) is 0 Å². The van der Waals surface area contributed by atoms with Crippen LogP contribution in [-0.2, 0) is 0 Å². The van der Waals surface area contributed by atoms with Crippen molar-refractivity contribution in [1.82, 2.24) is 15.2 Å². The quantitative estimate of drug-likeness (QED) is 0.685. The van der Waals surface area contributed by atoms with Crippen molar-refractivity contribution in [2.24, 2.45) is 0 Å². The lowest BCUT2D eigenvalue weighted by Gasteiger charge is -2.06. The highest BCUT2D eigenvalue weighted by molar-refractivity contribution is 5.90. The molecule has 4 nitrogen and oxygen atoms in total. The number of fused-ring (bicyclic) bond motifs is 1. The Morgan fingerprint density at radius 2 is 1.89 bits per heavy atom. The van der Waals surface area contributed by atoms with Gasteiger partial charge in [-0.25, -0.2) is 4.98 Å². The number of nitrogens with zero attached hydrogens (tertiary/aromatic N) is 2. The van der Waals surface area contributed by atoms with Gasteiger partial charge in [0.05, 0.1) is 11.1 Å². The first-order valence-electron chi connectivity index (χ1n) is 5.84. The van der Waals surface area contributed by atoms with E-state index in [9.17, 15) is 0 Å². The van der Waals surface area contributed by atoms with E-state index in [1.165, 1.54) is 5.56 Å². The van der Waals surface area contributed by atoms with Gasteiger partial charge >= 0.3 is 0 Å². The van der Waals surface area contributed by atoms with Crippen molar-refractivity contribution < 1.29 is 0 Å². The summed E-state index contributed by atoms with van der Waals surface area (Å²) in [5.41, 5.74) is 10.9. The van der Waals surface area contributed by atoms with Crippen LogP contribution in [-0.4, -0.2) is 15.2 Å². The Bertz CT molecular complexity index is 728. The maximum absolute atomic E-state index is 5.84. The minimum Gasteiger partial charge on any atom is -0.384 e. The molecule has 18 heavy (non-hydrogen) atoms.